The number of amides is 1. The third-order valence-electron chi connectivity index (χ3n) is 2.92. The van der Waals surface area contributed by atoms with Crippen molar-refractivity contribution in [3.05, 3.63) is 35.1 Å². The monoisotopic (exact) mass is 291 g/mol. The number of hydrogen-bond donors (Lipinski definition) is 1. The smallest absolute Gasteiger partial charge is 0.349 e. The number of nitrogens with one attached hydrogen (secondary N) is 1. The van der Waals surface area contributed by atoms with Crippen LogP contribution in [0.4, 0.5) is 17.6 Å². The first kappa shape index (κ1) is 16.5. The topological polar surface area (TPSA) is 29.1 Å². The fourth-order valence-corrected chi connectivity index (χ4v) is 1.81. The van der Waals surface area contributed by atoms with E-state index < -0.39 is 29.0 Å². The molecule has 2 nitrogen and oxygen atoms in total. The molecule has 0 bridgehead atoms. The number of unbranched alkanes of at least 4 members (excludes halogenated alkanes) is 1. The normalized spacial score (nSPS) is 13.1. The van der Waals surface area contributed by atoms with Gasteiger partial charge >= 0.3 is 6.18 Å². The van der Waals surface area contributed by atoms with Crippen LogP contribution in [0.1, 0.15) is 49.0 Å². The summed E-state index contributed by atoms with van der Waals surface area (Å²) in [7, 11) is 0. The Morgan fingerprint density at radius 3 is 2.55 bits per heavy atom. The van der Waals surface area contributed by atoms with E-state index in [4.69, 9.17) is 0 Å². The van der Waals surface area contributed by atoms with Crippen molar-refractivity contribution in [1.29, 1.82) is 0 Å². The number of halogens is 4. The minimum atomic E-state index is -4.81. The lowest BCUT2D eigenvalue weighted by Gasteiger charge is -2.15. The van der Waals surface area contributed by atoms with Gasteiger partial charge in [0.25, 0.3) is 5.91 Å². The van der Waals surface area contributed by atoms with Crippen LogP contribution in [0, 0.1) is 5.82 Å². The number of hydrogen-bond acceptors (Lipinski definition) is 1. The number of alkyl halides is 3. The molecule has 1 rings (SSSR count). The molecule has 0 aliphatic rings. The van der Waals surface area contributed by atoms with E-state index in [0.29, 0.717) is 12.5 Å². The van der Waals surface area contributed by atoms with Crippen molar-refractivity contribution in [1.82, 2.24) is 5.32 Å². The van der Waals surface area contributed by atoms with Gasteiger partial charge in [0.1, 0.15) is 5.82 Å². The van der Waals surface area contributed by atoms with Crippen LogP contribution in [0.15, 0.2) is 18.2 Å². The molecule has 0 fully saturated rings. The SMILES string of the molecule is CCCCC(C)NC(=O)c1cccc(C(F)(F)F)c1F. The zero-order valence-electron chi connectivity index (χ0n) is 11.4. The molecular weight excluding hydrogens is 274 g/mol. The summed E-state index contributed by atoms with van der Waals surface area (Å²) in [6.45, 7) is 3.72. The largest absolute Gasteiger partial charge is 0.419 e. The fourth-order valence-electron chi connectivity index (χ4n) is 1.81. The summed E-state index contributed by atoms with van der Waals surface area (Å²) in [5.74, 6) is -2.35. The van der Waals surface area contributed by atoms with E-state index in [9.17, 15) is 22.4 Å². The number of benzene rings is 1. The molecule has 1 aromatic carbocycles. The molecule has 0 aliphatic carbocycles. The first-order chi connectivity index (χ1) is 9.27. The van der Waals surface area contributed by atoms with Gasteiger partial charge in [0.05, 0.1) is 11.1 Å². The molecule has 112 valence electrons. The summed E-state index contributed by atoms with van der Waals surface area (Å²) in [6, 6.07) is 2.48. The fraction of sp³-hybridized carbons (Fsp3) is 0.500. The van der Waals surface area contributed by atoms with Gasteiger partial charge in [0.2, 0.25) is 0 Å². The molecular formula is C14H17F4NO. The third-order valence-corrected chi connectivity index (χ3v) is 2.92. The maximum atomic E-state index is 13.7. The molecule has 1 unspecified atom stereocenters. The van der Waals surface area contributed by atoms with Gasteiger partial charge in [-0.2, -0.15) is 13.2 Å². The molecule has 0 radical (unpaired) electrons. The van der Waals surface area contributed by atoms with E-state index in [-0.39, 0.29) is 6.04 Å². The lowest BCUT2D eigenvalue weighted by molar-refractivity contribution is -0.140. The van der Waals surface area contributed by atoms with E-state index in [2.05, 4.69) is 5.32 Å². The molecule has 0 spiro atoms. The number of carbonyl (C=O) groups excluding carboxylic acids is 1. The van der Waals surface area contributed by atoms with E-state index in [1.807, 2.05) is 6.92 Å². The van der Waals surface area contributed by atoms with Crippen molar-refractivity contribution < 1.29 is 22.4 Å². The Hall–Kier alpha value is -1.59. The molecule has 1 atom stereocenters. The maximum absolute atomic E-state index is 13.7. The summed E-state index contributed by atoms with van der Waals surface area (Å²) < 4.78 is 51.4. The van der Waals surface area contributed by atoms with Crippen LogP contribution in [0.25, 0.3) is 0 Å². The second-order valence-electron chi connectivity index (χ2n) is 4.68. The Bertz CT molecular complexity index is 471. The second kappa shape index (κ2) is 6.72. The Kier molecular flexibility index (Phi) is 5.53. The maximum Gasteiger partial charge on any atom is 0.419 e. The van der Waals surface area contributed by atoms with Gasteiger partial charge < -0.3 is 5.32 Å². The van der Waals surface area contributed by atoms with Crippen LogP contribution in [-0.2, 0) is 6.18 Å². The van der Waals surface area contributed by atoms with Crippen LogP contribution in [-0.4, -0.2) is 11.9 Å². The van der Waals surface area contributed by atoms with E-state index in [1.54, 1.807) is 6.92 Å². The van der Waals surface area contributed by atoms with Crippen LogP contribution in [0.3, 0.4) is 0 Å². The molecule has 1 aromatic rings. The molecule has 1 N–H and O–H groups in total. The van der Waals surface area contributed by atoms with Gasteiger partial charge in [-0.15, -0.1) is 0 Å². The summed E-state index contributed by atoms with van der Waals surface area (Å²) >= 11 is 0. The lowest BCUT2D eigenvalue weighted by atomic mass is 10.1. The van der Waals surface area contributed by atoms with Crippen molar-refractivity contribution in [2.45, 2.75) is 45.3 Å². The molecule has 0 saturated heterocycles. The van der Waals surface area contributed by atoms with Gasteiger partial charge in [-0.05, 0) is 25.5 Å². The van der Waals surface area contributed by atoms with Crippen LogP contribution in [0.2, 0.25) is 0 Å². The number of carbonyl (C=O) groups is 1. The van der Waals surface area contributed by atoms with Gasteiger partial charge in [-0.1, -0.05) is 25.8 Å². The van der Waals surface area contributed by atoms with Crippen LogP contribution < -0.4 is 5.32 Å². The molecule has 6 heteroatoms. The predicted octanol–water partition coefficient (Wildman–Crippen LogP) is 4.15. The van der Waals surface area contributed by atoms with E-state index in [0.717, 1.165) is 25.0 Å². The van der Waals surface area contributed by atoms with E-state index in [1.165, 1.54) is 0 Å². The van der Waals surface area contributed by atoms with Crippen molar-refractivity contribution in [2.75, 3.05) is 0 Å². The first-order valence-electron chi connectivity index (χ1n) is 6.44. The van der Waals surface area contributed by atoms with Crippen molar-refractivity contribution in [3.63, 3.8) is 0 Å². The summed E-state index contributed by atoms with van der Waals surface area (Å²) in [5, 5.41) is 2.50. The second-order valence-corrected chi connectivity index (χ2v) is 4.68. The van der Waals surface area contributed by atoms with Crippen molar-refractivity contribution in [3.8, 4) is 0 Å². The van der Waals surface area contributed by atoms with Gasteiger partial charge in [-0.3, -0.25) is 4.79 Å². The Balaban J connectivity index is 2.89. The van der Waals surface area contributed by atoms with Crippen LogP contribution >= 0.6 is 0 Å². The zero-order valence-corrected chi connectivity index (χ0v) is 11.4. The number of rotatable bonds is 5. The van der Waals surface area contributed by atoms with Crippen molar-refractivity contribution in [2.24, 2.45) is 0 Å². The average molecular weight is 291 g/mol. The van der Waals surface area contributed by atoms with Gasteiger partial charge in [0, 0.05) is 6.04 Å². The molecule has 0 aromatic heterocycles. The van der Waals surface area contributed by atoms with Gasteiger partial charge in [-0.25, -0.2) is 4.39 Å². The minimum Gasteiger partial charge on any atom is -0.349 e. The zero-order chi connectivity index (χ0) is 15.3. The van der Waals surface area contributed by atoms with Gasteiger partial charge in [0.15, 0.2) is 0 Å². The first-order valence-corrected chi connectivity index (χ1v) is 6.44. The Labute approximate surface area is 115 Å². The lowest BCUT2D eigenvalue weighted by Crippen LogP contribution is -2.33. The highest BCUT2D eigenvalue weighted by Gasteiger charge is 2.35. The summed E-state index contributed by atoms with van der Waals surface area (Å²) in [6.07, 6.45) is -2.29. The molecule has 0 aliphatic heterocycles. The summed E-state index contributed by atoms with van der Waals surface area (Å²) in [5.41, 5.74) is -2.01. The highest BCUT2D eigenvalue weighted by Crippen LogP contribution is 2.32. The average Bonchev–Trinajstić information content (AvgIpc) is 2.35. The van der Waals surface area contributed by atoms with Crippen molar-refractivity contribution >= 4 is 5.91 Å². The standard InChI is InChI=1S/C14H17F4NO/c1-3-4-6-9(2)19-13(20)10-7-5-8-11(12(10)15)14(16,17)18/h5,7-9H,3-4,6H2,1-2H3,(H,19,20). The molecule has 0 heterocycles. The molecule has 20 heavy (non-hydrogen) atoms. The molecule has 0 saturated carbocycles. The highest BCUT2D eigenvalue weighted by molar-refractivity contribution is 5.94. The Morgan fingerprint density at radius 2 is 2.00 bits per heavy atom. The van der Waals surface area contributed by atoms with E-state index >= 15 is 0 Å². The third kappa shape index (κ3) is 4.21. The minimum absolute atomic E-state index is 0.212. The van der Waals surface area contributed by atoms with Crippen LogP contribution in [0.5, 0.6) is 0 Å². The highest BCUT2D eigenvalue weighted by atomic mass is 19.4. The molecule has 1 amide bonds. The quantitative estimate of drug-likeness (QED) is 0.811. The Morgan fingerprint density at radius 1 is 1.35 bits per heavy atom. The summed E-state index contributed by atoms with van der Waals surface area (Å²) in [4.78, 5) is 11.8. The predicted molar refractivity (Wildman–Crippen MR) is 67.9 cm³/mol.